The maximum Gasteiger partial charge on any atom is 0.407 e. The van der Waals surface area contributed by atoms with E-state index >= 15 is 0 Å². The van der Waals surface area contributed by atoms with Crippen LogP contribution in [0.2, 0.25) is 0 Å². The average molecular weight is 454 g/mol. The molecule has 1 saturated heterocycles. The third kappa shape index (κ3) is 4.42. The van der Waals surface area contributed by atoms with E-state index in [1.54, 1.807) is 0 Å². The van der Waals surface area contributed by atoms with Crippen molar-refractivity contribution in [2.24, 2.45) is 5.92 Å². The summed E-state index contributed by atoms with van der Waals surface area (Å²) in [6, 6.07) is 15.3. The Balaban J connectivity index is 1.38. The van der Waals surface area contributed by atoms with Gasteiger partial charge in [-0.3, -0.25) is 4.79 Å². The number of rotatable bonds is 7. The number of carboxylic acid groups (broad SMARTS) is 1. The van der Waals surface area contributed by atoms with Crippen molar-refractivity contribution in [1.82, 2.24) is 10.6 Å². The Morgan fingerprint density at radius 2 is 1.67 bits per heavy atom. The molecule has 0 bridgehead atoms. The molecular formula is C24H26N2O7. The lowest BCUT2D eigenvalue weighted by molar-refractivity contribution is -0.149. The minimum absolute atomic E-state index is 0.0152. The molecule has 2 aromatic carbocycles. The summed E-state index contributed by atoms with van der Waals surface area (Å²) in [7, 11) is 0. The zero-order chi connectivity index (χ0) is 23.6. The molecule has 3 atom stereocenters. The van der Waals surface area contributed by atoms with Crippen LogP contribution in [0.15, 0.2) is 48.5 Å². The maximum atomic E-state index is 12.6. The van der Waals surface area contributed by atoms with Crippen LogP contribution in [0.3, 0.4) is 0 Å². The molecular weight excluding hydrogens is 428 g/mol. The first-order chi connectivity index (χ1) is 15.8. The molecule has 4 N–H and O–H groups in total. The van der Waals surface area contributed by atoms with Crippen molar-refractivity contribution < 1.29 is 34.1 Å². The van der Waals surface area contributed by atoms with Crippen molar-refractivity contribution in [3.8, 4) is 11.1 Å². The molecule has 174 valence electrons. The molecule has 1 heterocycles. The molecule has 1 fully saturated rings. The first-order valence-corrected chi connectivity index (χ1v) is 10.7. The van der Waals surface area contributed by atoms with Crippen molar-refractivity contribution in [2.75, 3.05) is 26.4 Å². The third-order valence-electron chi connectivity index (χ3n) is 6.25. The zero-order valence-electron chi connectivity index (χ0n) is 18.1. The minimum atomic E-state index is -1.83. The van der Waals surface area contributed by atoms with Gasteiger partial charge in [-0.05, 0) is 29.2 Å². The molecule has 0 radical (unpaired) electrons. The molecule has 2 aliphatic rings. The molecule has 1 aliphatic carbocycles. The second kappa shape index (κ2) is 9.21. The fourth-order valence-corrected chi connectivity index (χ4v) is 4.27. The van der Waals surface area contributed by atoms with E-state index in [4.69, 9.17) is 9.47 Å². The second-order valence-corrected chi connectivity index (χ2v) is 8.50. The Labute approximate surface area is 190 Å². The minimum Gasteiger partial charge on any atom is -0.479 e. The van der Waals surface area contributed by atoms with Crippen LogP contribution in [0.25, 0.3) is 11.1 Å². The molecule has 9 heteroatoms. The number of benzene rings is 2. The van der Waals surface area contributed by atoms with Gasteiger partial charge in [0, 0.05) is 5.92 Å². The van der Waals surface area contributed by atoms with Crippen molar-refractivity contribution in [3.63, 3.8) is 0 Å². The summed E-state index contributed by atoms with van der Waals surface area (Å²) in [5.74, 6) is -2.90. The van der Waals surface area contributed by atoms with Crippen molar-refractivity contribution in [3.05, 3.63) is 59.7 Å². The molecule has 0 spiro atoms. The van der Waals surface area contributed by atoms with Crippen LogP contribution >= 0.6 is 0 Å². The number of aliphatic carboxylic acids is 1. The van der Waals surface area contributed by atoms with E-state index in [1.165, 1.54) is 6.92 Å². The van der Waals surface area contributed by atoms with E-state index in [0.29, 0.717) is 0 Å². The Kier molecular flexibility index (Phi) is 6.35. The molecule has 0 saturated carbocycles. The first-order valence-electron chi connectivity index (χ1n) is 10.7. The van der Waals surface area contributed by atoms with Crippen molar-refractivity contribution in [1.29, 1.82) is 0 Å². The highest BCUT2D eigenvalue weighted by Gasteiger charge is 2.41. The Bertz CT molecular complexity index is 1030. The normalized spacial score (nSPS) is 20.9. The van der Waals surface area contributed by atoms with Gasteiger partial charge in [0.1, 0.15) is 6.61 Å². The number of alkyl carbamates (subject to hydrolysis) is 1. The van der Waals surface area contributed by atoms with Gasteiger partial charge in [-0.15, -0.1) is 0 Å². The summed E-state index contributed by atoms with van der Waals surface area (Å²) in [5.41, 5.74) is 2.59. The first kappa shape index (κ1) is 22.8. The van der Waals surface area contributed by atoms with Gasteiger partial charge >= 0.3 is 12.1 Å². The number of carboxylic acids is 1. The number of carbonyl (C=O) groups is 3. The number of carbonyl (C=O) groups excluding carboxylic acids is 2. The zero-order valence-corrected chi connectivity index (χ0v) is 18.1. The Hall–Kier alpha value is -3.43. The fraction of sp³-hybridized carbons (Fsp3) is 0.375. The lowest BCUT2D eigenvalue weighted by Crippen LogP contribution is -2.58. The van der Waals surface area contributed by atoms with Crippen LogP contribution in [0.1, 0.15) is 24.0 Å². The van der Waals surface area contributed by atoms with Crippen LogP contribution < -0.4 is 10.6 Å². The van der Waals surface area contributed by atoms with E-state index < -0.39 is 42.1 Å². The monoisotopic (exact) mass is 454 g/mol. The second-order valence-electron chi connectivity index (χ2n) is 8.50. The quantitative estimate of drug-likeness (QED) is 0.498. The maximum absolute atomic E-state index is 12.6. The van der Waals surface area contributed by atoms with E-state index in [0.717, 1.165) is 22.3 Å². The Morgan fingerprint density at radius 3 is 2.24 bits per heavy atom. The summed E-state index contributed by atoms with van der Waals surface area (Å²) >= 11 is 0. The summed E-state index contributed by atoms with van der Waals surface area (Å²) < 4.78 is 10.8. The van der Waals surface area contributed by atoms with Gasteiger partial charge < -0.3 is 30.3 Å². The molecule has 4 rings (SSSR count). The molecule has 9 nitrogen and oxygen atoms in total. The van der Waals surface area contributed by atoms with E-state index in [2.05, 4.69) is 10.6 Å². The van der Waals surface area contributed by atoms with Crippen LogP contribution in [0, 0.1) is 5.92 Å². The van der Waals surface area contributed by atoms with E-state index in [1.807, 2.05) is 48.5 Å². The lowest BCUT2D eigenvalue weighted by Gasteiger charge is -2.27. The summed E-state index contributed by atoms with van der Waals surface area (Å²) in [5, 5.41) is 23.6. The summed E-state index contributed by atoms with van der Waals surface area (Å²) in [6.45, 7) is 0.668. The predicted molar refractivity (Wildman–Crippen MR) is 118 cm³/mol. The number of hydrogen-bond acceptors (Lipinski definition) is 6. The van der Waals surface area contributed by atoms with Crippen molar-refractivity contribution >= 4 is 18.0 Å². The van der Waals surface area contributed by atoms with Gasteiger partial charge in [0.25, 0.3) is 0 Å². The third-order valence-corrected chi connectivity index (χ3v) is 6.25. The van der Waals surface area contributed by atoms with Gasteiger partial charge in [0.2, 0.25) is 5.91 Å². The number of fused-ring (bicyclic) bond motifs is 3. The van der Waals surface area contributed by atoms with Crippen molar-refractivity contribution in [2.45, 2.75) is 24.4 Å². The van der Waals surface area contributed by atoms with Crippen LogP contribution in [-0.4, -0.2) is 66.2 Å². The van der Waals surface area contributed by atoms with E-state index in [-0.39, 0.29) is 25.7 Å². The molecule has 2 aromatic rings. The summed E-state index contributed by atoms with van der Waals surface area (Å²) in [6.07, 6.45) is -0.687. The van der Waals surface area contributed by atoms with Gasteiger partial charge in [0.05, 0.1) is 31.8 Å². The fourth-order valence-electron chi connectivity index (χ4n) is 4.27. The molecule has 0 aromatic heterocycles. The highest BCUT2D eigenvalue weighted by atomic mass is 16.5. The molecule has 1 aliphatic heterocycles. The lowest BCUT2D eigenvalue weighted by atomic mass is 9.98. The number of hydrogen-bond donors (Lipinski definition) is 4. The standard InChI is InChI=1S/C24H26N2O7/c1-24(13-27,22(29)30)26-21(28)19-10-32-12-20(19)25-23(31)33-11-18-16-8-4-2-6-14(16)15-7-3-5-9-17(15)18/h2-9,18-20,27H,10-13H2,1H3,(H,25,31)(H,26,28)(H,29,30). The summed E-state index contributed by atoms with van der Waals surface area (Å²) in [4.78, 5) is 36.5. The van der Waals surface area contributed by atoms with Gasteiger partial charge in [-0.2, -0.15) is 0 Å². The number of ether oxygens (including phenoxy) is 2. The SMILES string of the molecule is CC(CO)(NC(=O)C1COCC1NC(=O)OCC1c2ccccc2-c2ccccc21)C(=O)O. The van der Waals surface area contributed by atoms with Gasteiger partial charge in [-0.1, -0.05) is 48.5 Å². The van der Waals surface area contributed by atoms with Crippen LogP contribution in [0.4, 0.5) is 4.79 Å². The predicted octanol–water partition coefficient (Wildman–Crippen LogP) is 1.49. The highest BCUT2D eigenvalue weighted by molar-refractivity contribution is 5.88. The van der Waals surface area contributed by atoms with E-state index in [9.17, 15) is 24.6 Å². The number of aliphatic hydroxyl groups excluding tert-OH is 1. The molecule has 2 amide bonds. The highest BCUT2D eigenvalue weighted by Crippen LogP contribution is 2.44. The number of amides is 2. The largest absolute Gasteiger partial charge is 0.479 e. The Morgan fingerprint density at radius 1 is 1.06 bits per heavy atom. The molecule has 3 unspecified atom stereocenters. The van der Waals surface area contributed by atoms with Gasteiger partial charge in [0.15, 0.2) is 5.54 Å². The van der Waals surface area contributed by atoms with Gasteiger partial charge in [-0.25, -0.2) is 9.59 Å². The smallest absolute Gasteiger partial charge is 0.407 e. The number of nitrogens with one attached hydrogen (secondary N) is 2. The average Bonchev–Trinajstić information content (AvgIpc) is 3.40. The van der Waals surface area contributed by atoms with Crippen LogP contribution in [0.5, 0.6) is 0 Å². The topological polar surface area (TPSA) is 134 Å². The number of aliphatic hydroxyl groups is 1. The van der Waals surface area contributed by atoms with Crippen LogP contribution in [-0.2, 0) is 19.1 Å². The molecule has 33 heavy (non-hydrogen) atoms.